The Morgan fingerprint density at radius 3 is 2.91 bits per heavy atom. The number of sulfonamides is 1. The fraction of sp³-hybridized carbons (Fsp3) is 0.643. The second-order valence-electron chi connectivity index (χ2n) is 5.95. The van der Waals surface area contributed by atoms with E-state index in [1.54, 1.807) is 18.4 Å². The normalized spacial score (nSPS) is 29.2. The number of hydrogen-bond acceptors (Lipinski definition) is 5. The van der Waals surface area contributed by atoms with Crippen molar-refractivity contribution in [1.82, 2.24) is 9.62 Å². The van der Waals surface area contributed by atoms with Gasteiger partial charge in [0.25, 0.3) is 0 Å². The number of amides is 1. The van der Waals surface area contributed by atoms with Crippen molar-refractivity contribution in [3.8, 4) is 0 Å². The second kappa shape index (κ2) is 6.02. The van der Waals surface area contributed by atoms with Gasteiger partial charge in [-0.2, -0.15) is 0 Å². The molecule has 3 rings (SSSR count). The smallest absolute Gasteiger partial charge is 0.226 e. The molecule has 2 saturated heterocycles. The molecule has 0 aliphatic carbocycles. The first-order valence-corrected chi connectivity index (χ1v) is 9.13. The predicted octanol–water partition coefficient (Wildman–Crippen LogP) is 0.0498. The minimum atomic E-state index is -3.23. The molecule has 0 aromatic carbocycles. The van der Waals surface area contributed by atoms with Gasteiger partial charge in [-0.3, -0.25) is 4.79 Å². The molecule has 3 atom stereocenters. The Labute approximate surface area is 129 Å². The van der Waals surface area contributed by atoms with Gasteiger partial charge in [0.2, 0.25) is 15.9 Å². The predicted molar refractivity (Wildman–Crippen MR) is 78.3 cm³/mol. The molecule has 0 bridgehead atoms. The number of furan rings is 1. The SMILES string of the molecule is CS(=O)(=O)N1C[C@@H]2COC[C@@H](C(=O)NCc3ccco3)[C@@H]2C1. The standard InChI is InChI=1S/C14H20N2O5S/c1-22(18,19)16-6-10-8-20-9-13(12(10)7-16)14(17)15-5-11-3-2-4-21-11/h2-4,10,12-13H,5-9H2,1H3,(H,15,17)/t10-,12-,13-/m1/s1. The summed E-state index contributed by atoms with van der Waals surface area (Å²) >= 11 is 0. The van der Waals surface area contributed by atoms with E-state index in [1.165, 1.54) is 10.6 Å². The maximum Gasteiger partial charge on any atom is 0.226 e. The summed E-state index contributed by atoms with van der Waals surface area (Å²) in [5.74, 6) is 0.357. The lowest BCUT2D eigenvalue weighted by Gasteiger charge is -2.31. The van der Waals surface area contributed by atoms with E-state index in [0.717, 1.165) is 0 Å². The van der Waals surface area contributed by atoms with Gasteiger partial charge in [0, 0.05) is 19.0 Å². The summed E-state index contributed by atoms with van der Waals surface area (Å²) in [5, 5.41) is 2.84. The largest absolute Gasteiger partial charge is 0.467 e. The molecule has 22 heavy (non-hydrogen) atoms. The Balaban J connectivity index is 1.64. The van der Waals surface area contributed by atoms with Gasteiger partial charge < -0.3 is 14.5 Å². The van der Waals surface area contributed by atoms with Crippen LogP contribution in [0.5, 0.6) is 0 Å². The molecule has 7 nitrogen and oxygen atoms in total. The highest BCUT2D eigenvalue weighted by Crippen LogP contribution is 2.35. The first-order chi connectivity index (χ1) is 10.4. The van der Waals surface area contributed by atoms with Crippen LogP contribution < -0.4 is 5.32 Å². The van der Waals surface area contributed by atoms with Crippen LogP contribution in [-0.2, 0) is 26.1 Å². The third-order valence-corrected chi connectivity index (χ3v) is 5.66. The molecule has 3 heterocycles. The number of fused-ring (bicyclic) bond motifs is 1. The van der Waals surface area contributed by atoms with Crippen LogP contribution in [0.15, 0.2) is 22.8 Å². The molecular weight excluding hydrogens is 308 g/mol. The van der Waals surface area contributed by atoms with Crippen molar-refractivity contribution in [3.63, 3.8) is 0 Å². The van der Waals surface area contributed by atoms with Crippen molar-refractivity contribution in [2.24, 2.45) is 17.8 Å². The molecule has 122 valence electrons. The molecule has 2 aliphatic rings. The van der Waals surface area contributed by atoms with Gasteiger partial charge in [-0.15, -0.1) is 0 Å². The number of carbonyl (C=O) groups excluding carboxylic acids is 1. The first kappa shape index (κ1) is 15.5. The van der Waals surface area contributed by atoms with Crippen LogP contribution >= 0.6 is 0 Å². The molecule has 0 saturated carbocycles. The first-order valence-electron chi connectivity index (χ1n) is 7.28. The van der Waals surface area contributed by atoms with E-state index >= 15 is 0 Å². The van der Waals surface area contributed by atoms with Crippen molar-refractivity contribution < 1.29 is 22.4 Å². The Hall–Kier alpha value is -1.38. The fourth-order valence-corrected chi connectivity index (χ4v) is 4.12. The zero-order chi connectivity index (χ0) is 15.7. The molecule has 0 spiro atoms. The van der Waals surface area contributed by atoms with Crippen molar-refractivity contribution in [2.75, 3.05) is 32.6 Å². The highest BCUT2D eigenvalue weighted by atomic mass is 32.2. The minimum Gasteiger partial charge on any atom is -0.467 e. The van der Waals surface area contributed by atoms with E-state index in [2.05, 4.69) is 5.32 Å². The van der Waals surface area contributed by atoms with Gasteiger partial charge in [-0.05, 0) is 18.1 Å². The van der Waals surface area contributed by atoms with Crippen LogP contribution in [-0.4, -0.2) is 51.2 Å². The van der Waals surface area contributed by atoms with Crippen molar-refractivity contribution in [1.29, 1.82) is 0 Å². The minimum absolute atomic E-state index is 0.0140. The monoisotopic (exact) mass is 328 g/mol. The quantitative estimate of drug-likeness (QED) is 0.844. The summed E-state index contributed by atoms with van der Waals surface area (Å²) in [5.41, 5.74) is 0. The number of ether oxygens (including phenoxy) is 1. The van der Waals surface area contributed by atoms with Gasteiger partial charge in [-0.25, -0.2) is 12.7 Å². The zero-order valence-electron chi connectivity index (χ0n) is 12.4. The number of carbonyl (C=O) groups is 1. The summed E-state index contributed by atoms with van der Waals surface area (Å²) in [4.78, 5) is 12.4. The summed E-state index contributed by atoms with van der Waals surface area (Å²) < 4.78 is 35.6. The molecule has 0 unspecified atom stereocenters. The number of nitrogens with one attached hydrogen (secondary N) is 1. The molecule has 1 N–H and O–H groups in total. The lowest BCUT2D eigenvalue weighted by Crippen LogP contribution is -2.44. The van der Waals surface area contributed by atoms with Crippen LogP contribution in [0.2, 0.25) is 0 Å². The maximum absolute atomic E-state index is 12.4. The molecule has 0 radical (unpaired) electrons. The number of hydrogen-bond donors (Lipinski definition) is 1. The van der Waals surface area contributed by atoms with E-state index in [1.807, 2.05) is 0 Å². The van der Waals surface area contributed by atoms with E-state index in [0.29, 0.717) is 38.6 Å². The van der Waals surface area contributed by atoms with Gasteiger partial charge in [0.05, 0.1) is 38.2 Å². The maximum atomic E-state index is 12.4. The lowest BCUT2D eigenvalue weighted by molar-refractivity contribution is -0.133. The molecule has 8 heteroatoms. The Morgan fingerprint density at radius 2 is 2.23 bits per heavy atom. The van der Waals surface area contributed by atoms with Crippen molar-refractivity contribution >= 4 is 15.9 Å². The zero-order valence-corrected chi connectivity index (χ0v) is 13.2. The van der Waals surface area contributed by atoms with Crippen LogP contribution in [0, 0.1) is 17.8 Å². The van der Waals surface area contributed by atoms with Gasteiger partial charge in [0.15, 0.2) is 0 Å². The lowest BCUT2D eigenvalue weighted by atomic mass is 9.82. The Bertz CT molecular complexity index is 628. The highest BCUT2D eigenvalue weighted by molar-refractivity contribution is 7.88. The third kappa shape index (κ3) is 3.18. The van der Waals surface area contributed by atoms with Gasteiger partial charge in [0.1, 0.15) is 5.76 Å². The summed E-state index contributed by atoms with van der Waals surface area (Å²) in [6.45, 7) is 2.01. The fourth-order valence-electron chi connectivity index (χ4n) is 3.22. The van der Waals surface area contributed by atoms with Crippen LogP contribution in [0.4, 0.5) is 0 Å². The van der Waals surface area contributed by atoms with E-state index < -0.39 is 10.0 Å². The summed E-state index contributed by atoms with van der Waals surface area (Å²) in [7, 11) is -3.23. The topological polar surface area (TPSA) is 88.8 Å². The van der Waals surface area contributed by atoms with Gasteiger partial charge >= 0.3 is 0 Å². The average molecular weight is 328 g/mol. The summed E-state index contributed by atoms with van der Waals surface area (Å²) in [6.07, 6.45) is 2.76. The van der Waals surface area contributed by atoms with Gasteiger partial charge in [-0.1, -0.05) is 0 Å². The van der Waals surface area contributed by atoms with E-state index in [4.69, 9.17) is 9.15 Å². The van der Waals surface area contributed by atoms with Crippen molar-refractivity contribution in [2.45, 2.75) is 6.54 Å². The third-order valence-electron chi connectivity index (χ3n) is 4.43. The highest BCUT2D eigenvalue weighted by Gasteiger charge is 2.46. The Morgan fingerprint density at radius 1 is 1.41 bits per heavy atom. The van der Waals surface area contributed by atoms with E-state index in [9.17, 15) is 13.2 Å². The molecular formula is C14H20N2O5S. The van der Waals surface area contributed by atoms with E-state index in [-0.39, 0.29) is 23.7 Å². The van der Waals surface area contributed by atoms with Crippen LogP contribution in [0.25, 0.3) is 0 Å². The summed E-state index contributed by atoms with van der Waals surface area (Å²) in [6, 6.07) is 3.56. The average Bonchev–Trinajstić information content (AvgIpc) is 3.12. The number of rotatable bonds is 4. The molecule has 1 amide bonds. The Kier molecular flexibility index (Phi) is 4.24. The van der Waals surface area contributed by atoms with Crippen LogP contribution in [0.1, 0.15) is 5.76 Å². The van der Waals surface area contributed by atoms with Crippen LogP contribution in [0.3, 0.4) is 0 Å². The number of nitrogens with zero attached hydrogens (tertiary/aromatic N) is 1. The second-order valence-corrected chi connectivity index (χ2v) is 7.93. The molecule has 2 fully saturated rings. The molecule has 1 aromatic rings. The molecule has 1 aromatic heterocycles. The molecule has 2 aliphatic heterocycles. The van der Waals surface area contributed by atoms with Crippen molar-refractivity contribution in [3.05, 3.63) is 24.2 Å².